The molecule has 0 spiro atoms. The number of furan rings is 1. The Morgan fingerprint density at radius 3 is 1.58 bits per heavy atom. The van der Waals surface area contributed by atoms with Gasteiger partial charge in [-0.3, -0.25) is 0 Å². The fourth-order valence-corrected chi connectivity index (χ4v) is 9.99. The van der Waals surface area contributed by atoms with Gasteiger partial charge in [0.2, 0.25) is 0 Å². The first-order valence-electron chi connectivity index (χ1n) is 20.3. The summed E-state index contributed by atoms with van der Waals surface area (Å²) in [6.45, 7) is 0. The second-order valence-electron chi connectivity index (χ2n) is 16.0. The van der Waals surface area contributed by atoms with E-state index in [0.29, 0.717) is 17.5 Å². The van der Waals surface area contributed by atoms with E-state index < -0.39 is 0 Å². The van der Waals surface area contributed by atoms with Crippen LogP contribution in [0.4, 0.5) is 0 Å². The highest BCUT2D eigenvalue weighted by Crippen LogP contribution is 2.51. The molecule has 0 amide bonds. The standard InChI is InChI=1S/C55H30N4O/c1-3-10-35-28-37(21-18-31(35)8-1)53-56-54(38-22-19-32-9-2-4-11-36(32)29-38)58-55(57-53)39-23-20-33-12-5-15-43(42(33)30-39)59-44-16-6-13-40-41-14-7-17-46-50(41)52-47(60-46)27-25-34-24-26-45(59)51(48(34)52)49(40)44/h1-30H. The zero-order chi connectivity index (χ0) is 39.1. The van der Waals surface area contributed by atoms with Gasteiger partial charge in [0.05, 0.1) is 16.7 Å². The van der Waals surface area contributed by atoms with Crippen molar-refractivity contribution in [1.82, 2.24) is 19.5 Å². The minimum absolute atomic E-state index is 0.626. The molecule has 0 aliphatic heterocycles. The Bertz CT molecular complexity index is 3930. The largest absolute Gasteiger partial charge is 0.456 e. The van der Waals surface area contributed by atoms with Crippen molar-refractivity contribution in [3.8, 4) is 51.0 Å². The van der Waals surface area contributed by atoms with E-state index in [9.17, 15) is 0 Å². The number of benzene rings is 10. The number of fused-ring (bicyclic) bond motifs is 4. The Kier molecular flexibility index (Phi) is 6.23. The highest BCUT2D eigenvalue weighted by atomic mass is 16.3. The van der Waals surface area contributed by atoms with E-state index in [2.05, 4.69) is 187 Å². The van der Waals surface area contributed by atoms with Crippen molar-refractivity contribution in [3.05, 3.63) is 182 Å². The third kappa shape index (κ3) is 4.38. The summed E-state index contributed by atoms with van der Waals surface area (Å²) in [4.78, 5) is 15.6. The minimum atomic E-state index is 0.626. The zero-order valence-corrected chi connectivity index (χ0v) is 32.0. The molecule has 3 aromatic heterocycles. The van der Waals surface area contributed by atoms with Crippen molar-refractivity contribution >= 4 is 86.8 Å². The molecular weight excluding hydrogens is 733 g/mol. The Morgan fingerprint density at radius 1 is 0.333 bits per heavy atom. The van der Waals surface area contributed by atoms with Gasteiger partial charge < -0.3 is 8.98 Å². The molecule has 0 fully saturated rings. The predicted octanol–water partition coefficient (Wildman–Crippen LogP) is 14.5. The molecule has 0 saturated heterocycles. The van der Waals surface area contributed by atoms with Gasteiger partial charge in [-0.15, -0.1) is 0 Å². The summed E-state index contributed by atoms with van der Waals surface area (Å²) < 4.78 is 8.96. The first-order chi connectivity index (χ1) is 29.7. The quantitative estimate of drug-likeness (QED) is 0.179. The summed E-state index contributed by atoms with van der Waals surface area (Å²) in [5.74, 6) is 1.90. The summed E-state index contributed by atoms with van der Waals surface area (Å²) in [6, 6.07) is 64.9. The highest BCUT2D eigenvalue weighted by Gasteiger charge is 2.26. The second-order valence-corrected chi connectivity index (χ2v) is 16.0. The van der Waals surface area contributed by atoms with Gasteiger partial charge in [-0.2, -0.15) is 0 Å². The van der Waals surface area contributed by atoms with E-state index in [1.54, 1.807) is 0 Å². The summed E-state index contributed by atoms with van der Waals surface area (Å²) in [7, 11) is 0. The lowest BCUT2D eigenvalue weighted by atomic mass is 9.98. The zero-order valence-electron chi connectivity index (χ0n) is 32.0. The number of hydrogen-bond acceptors (Lipinski definition) is 4. The summed E-state index contributed by atoms with van der Waals surface area (Å²) in [5, 5.41) is 14.3. The number of rotatable bonds is 4. The molecule has 0 saturated carbocycles. The van der Waals surface area contributed by atoms with Crippen LogP contribution in [0.1, 0.15) is 0 Å². The van der Waals surface area contributed by atoms with Crippen LogP contribution in [0.3, 0.4) is 0 Å². The van der Waals surface area contributed by atoms with E-state index in [0.717, 1.165) is 60.6 Å². The fraction of sp³-hybridized carbons (Fsp3) is 0. The maximum Gasteiger partial charge on any atom is 0.164 e. The molecule has 276 valence electrons. The third-order valence-electron chi connectivity index (χ3n) is 12.7. The maximum atomic E-state index is 6.51. The first-order valence-corrected chi connectivity index (χ1v) is 20.3. The van der Waals surface area contributed by atoms with Gasteiger partial charge in [0.15, 0.2) is 17.5 Å². The smallest absolute Gasteiger partial charge is 0.164 e. The molecule has 0 N–H and O–H groups in total. The lowest BCUT2D eigenvalue weighted by Crippen LogP contribution is -2.01. The molecule has 13 aromatic rings. The first kappa shape index (κ1) is 31.9. The average molecular weight is 763 g/mol. The molecule has 5 heteroatoms. The number of aromatic nitrogens is 4. The average Bonchev–Trinajstić information content (AvgIpc) is 3.83. The lowest BCUT2D eigenvalue weighted by Gasteiger charge is -2.14. The normalized spacial score (nSPS) is 12.3. The summed E-state index contributed by atoms with van der Waals surface area (Å²) in [6.07, 6.45) is 0. The molecule has 10 aromatic carbocycles. The lowest BCUT2D eigenvalue weighted by molar-refractivity contribution is 0.669. The second kappa shape index (κ2) is 11.7. The summed E-state index contributed by atoms with van der Waals surface area (Å²) in [5.41, 5.74) is 10.5. The van der Waals surface area contributed by atoms with Crippen molar-refractivity contribution < 1.29 is 4.42 Å². The molecule has 1 aliphatic rings. The van der Waals surface area contributed by atoms with Crippen molar-refractivity contribution in [2.75, 3.05) is 0 Å². The predicted molar refractivity (Wildman–Crippen MR) is 247 cm³/mol. The Balaban J connectivity index is 1.03. The van der Waals surface area contributed by atoms with Gasteiger partial charge in [-0.1, -0.05) is 133 Å². The van der Waals surface area contributed by atoms with Crippen LogP contribution < -0.4 is 0 Å². The topological polar surface area (TPSA) is 56.7 Å². The molecular formula is C55H30N4O. The SMILES string of the molecule is c1ccc2cc(-c3nc(-c4ccc5ccccc5c4)nc(-c4ccc5cccc(-n6c7cccc8c7c7c9c(ccc%10oc%11cccc-8c%11c%109)ccc76)c5c4)n3)ccc2c1. The monoisotopic (exact) mass is 762 g/mol. The van der Waals surface area contributed by atoms with Crippen LogP contribution in [-0.2, 0) is 0 Å². The fourth-order valence-electron chi connectivity index (χ4n) is 9.99. The number of hydrogen-bond donors (Lipinski definition) is 0. The van der Waals surface area contributed by atoms with E-state index in [4.69, 9.17) is 19.4 Å². The molecule has 3 heterocycles. The Labute approximate surface area is 342 Å². The van der Waals surface area contributed by atoms with E-state index >= 15 is 0 Å². The van der Waals surface area contributed by atoms with Crippen molar-refractivity contribution in [3.63, 3.8) is 0 Å². The number of nitrogens with zero attached hydrogens (tertiary/aromatic N) is 4. The molecule has 60 heavy (non-hydrogen) atoms. The van der Waals surface area contributed by atoms with Crippen molar-refractivity contribution in [2.45, 2.75) is 0 Å². The van der Waals surface area contributed by atoms with Gasteiger partial charge >= 0.3 is 0 Å². The molecule has 5 nitrogen and oxygen atoms in total. The highest BCUT2D eigenvalue weighted by molar-refractivity contribution is 6.38. The van der Waals surface area contributed by atoms with Crippen LogP contribution in [-0.4, -0.2) is 19.5 Å². The molecule has 0 bridgehead atoms. The van der Waals surface area contributed by atoms with Crippen LogP contribution >= 0.6 is 0 Å². The Morgan fingerprint density at radius 2 is 0.867 bits per heavy atom. The summed E-state index contributed by atoms with van der Waals surface area (Å²) >= 11 is 0. The van der Waals surface area contributed by atoms with Gasteiger partial charge in [0.25, 0.3) is 0 Å². The van der Waals surface area contributed by atoms with Crippen LogP contribution in [0.15, 0.2) is 186 Å². The Hall–Kier alpha value is -8.15. The van der Waals surface area contributed by atoms with Crippen LogP contribution in [0.2, 0.25) is 0 Å². The van der Waals surface area contributed by atoms with Gasteiger partial charge in [-0.05, 0) is 92.0 Å². The van der Waals surface area contributed by atoms with E-state index in [-0.39, 0.29) is 0 Å². The van der Waals surface area contributed by atoms with Crippen LogP contribution in [0, 0.1) is 0 Å². The molecule has 14 rings (SSSR count). The maximum absolute atomic E-state index is 6.51. The molecule has 1 aliphatic carbocycles. The van der Waals surface area contributed by atoms with Crippen molar-refractivity contribution in [1.29, 1.82) is 0 Å². The van der Waals surface area contributed by atoms with Gasteiger partial charge in [-0.25, -0.2) is 15.0 Å². The molecule has 0 unspecified atom stereocenters. The van der Waals surface area contributed by atoms with E-state index in [1.165, 1.54) is 59.7 Å². The molecule has 0 atom stereocenters. The van der Waals surface area contributed by atoms with E-state index in [1.807, 2.05) is 0 Å². The minimum Gasteiger partial charge on any atom is -0.456 e. The van der Waals surface area contributed by atoms with Crippen molar-refractivity contribution in [2.24, 2.45) is 0 Å². The molecule has 0 radical (unpaired) electrons. The third-order valence-corrected chi connectivity index (χ3v) is 12.7. The van der Waals surface area contributed by atoms with Crippen LogP contribution in [0.5, 0.6) is 0 Å². The van der Waals surface area contributed by atoms with Gasteiger partial charge in [0.1, 0.15) is 11.2 Å². The van der Waals surface area contributed by atoms with Crippen LogP contribution in [0.25, 0.3) is 138 Å². The van der Waals surface area contributed by atoms with Gasteiger partial charge in [0, 0.05) is 49.0 Å².